The number of amides is 1. The largest absolute Gasteiger partial charge is 0.365 e. The van der Waals surface area contributed by atoms with Gasteiger partial charge in [-0.25, -0.2) is 0 Å². The fourth-order valence-corrected chi connectivity index (χ4v) is 2.97. The van der Waals surface area contributed by atoms with Gasteiger partial charge in [0, 0.05) is 31.2 Å². The molecule has 1 aliphatic rings. The summed E-state index contributed by atoms with van der Waals surface area (Å²) in [6.45, 7) is 3.98. The third kappa shape index (κ3) is 3.33. The highest BCUT2D eigenvalue weighted by Gasteiger charge is 2.36. The van der Waals surface area contributed by atoms with Crippen LogP contribution in [0.3, 0.4) is 0 Å². The number of nitrogens with one attached hydrogen (secondary N) is 1. The summed E-state index contributed by atoms with van der Waals surface area (Å²) >= 11 is 0. The maximum atomic E-state index is 12.5. The molecule has 7 heteroatoms. The number of piperidine rings is 1. The second-order valence-electron chi connectivity index (χ2n) is 6.37. The molecule has 1 amide bonds. The smallest absolute Gasteiger partial charge is 0.242 e. The predicted octanol–water partition coefficient (Wildman–Crippen LogP) is 1.22. The standard InChI is InChI=1S/C16H22N6O/c1-16(15-17-19-20-18-15)8-10-22(11-9-16)14(23)12-21(2)13-6-4-3-5-7-13/h3-7H,8-12H2,1-2H3,(H,17,18,19,20). The summed E-state index contributed by atoms with van der Waals surface area (Å²) < 4.78 is 0. The van der Waals surface area contributed by atoms with Crippen LogP contribution in [0.15, 0.2) is 30.3 Å². The van der Waals surface area contributed by atoms with Crippen LogP contribution in [0.2, 0.25) is 0 Å². The van der Waals surface area contributed by atoms with Gasteiger partial charge in [-0.2, -0.15) is 5.21 Å². The maximum Gasteiger partial charge on any atom is 0.242 e. The Labute approximate surface area is 135 Å². The van der Waals surface area contributed by atoms with Gasteiger partial charge in [-0.05, 0) is 25.0 Å². The van der Waals surface area contributed by atoms with Crippen molar-refractivity contribution >= 4 is 11.6 Å². The molecule has 1 aliphatic heterocycles. The van der Waals surface area contributed by atoms with Crippen LogP contribution in [-0.4, -0.2) is 58.1 Å². The molecule has 0 aliphatic carbocycles. The summed E-state index contributed by atoms with van der Waals surface area (Å²) in [5, 5.41) is 14.4. The van der Waals surface area contributed by atoms with E-state index in [1.807, 2.05) is 47.2 Å². The Morgan fingerprint density at radius 3 is 2.61 bits per heavy atom. The van der Waals surface area contributed by atoms with E-state index in [1.165, 1.54) is 0 Å². The lowest BCUT2D eigenvalue weighted by atomic mass is 9.79. The maximum absolute atomic E-state index is 12.5. The van der Waals surface area contributed by atoms with Crippen molar-refractivity contribution in [1.82, 2.24) is 25.5 Å². The van der Waals surface area contributed by atoms with E-state index >= 15 is 0 Å². The van der Waals surface area contributed by atoms with E-state index in [0.717, 1.165) is 37.4 Å². The number of likely N-dealkylation sites (N-methyl/N-ethyl adjacent to an activating group) is 1. The number of H-pyrrole nitrogens is 1. The van der Waals surface area contributed by atoms with Crippen molar-refractivity contribution in [3.63, 3.8) is 0 Å². The minimum absolute atomic E-state index is 0.102. The number of aromatic nitrogens is 4. The summed E-state index contributed by atoms with van der Waals surface area (Å²) in [5.74, 6) is 0.900. The van der Waals surface area contributed by atoms with Crippen LogP contribution in [-0.2, 0) is 10.2 Å². The second kappa shape index (κ2) is 6.36. The summed E-state index contributed by atoms with van der Waals surface area (Å²) in [4.78, 5) is 16.4. The van der Waals surface area contributed by atoms with E-state index in [1.54, 1.807) is 0 Å². The van der Waals surface area contributed by atoms with Crippen molar-refractivity contribution in [2.24, 2.45) is 0 Å². The van der Waals surface area contributed by atoms with Crippen LogP contribution in [0.5, 0.6) is 0 Å². The Morgan fingerprint density at radius 2 is 2.00 bits per heavy atom. The first-order valence-electron chi connectivity index (χ1n) is 7.86. The quantitative estimate of drug-likeness (QED) is 0.918. The molecule has 0 radical (unpaired) electrons. The van der Waals surface area contributed by atoms with Crippen LogP contribution in [0, 0.1) is 0 Å². The molecule has 0 spiro atoms. The average molecular weight is 314 g/mol. The van der Waals surface area contributed by atoms with Crippen molar-refractivity contribution in [3.8, 4) is 0 Å². The minimum atomic E-state index is -0.102. The second-order valence-corrected chi connectivity index (χ2v) is 6.37. The van der Waals surface area contributed by atoms with Gasteiger partial charge in [-0.1, -0.05) is 30.3 Å². The summed E-state index contributed by atoms with van der Waals surface area (Å²) in [6.07, 6.45) is 1.71. The number of nitrogens with zero attached hydrogens (tertiary/aromatic N) is 5. The van der Waals surface area contributed by atoms with E-state index in [-0.39, 0.29) is 11.3 Å². The number of para-hydroxylation sites is 1. The van der Waals surface area contributed by atoms with E-state index in [9.17, 15) is 4.79 Å². The molecular formula is C16H22N6O. The molecule has 0 atom stereocenters. The number of hydrogen-bond acceptors (Lipinski definition) is 5. The van der Waals surface area contributed by atoms with Crippen molar-refractivity contribution in [3.05, 3.63) is 36.2 Å². The zero-order valence-corrected chi connectivity index (χ0v) is 13.6. The number of carbonyl (C=O) groups is 1. The topological polar surface area (TPSA) is 78.0 Å². The van der Waals surface area contributed by atoms with Gasteiger partial charge >= 0.3 is 0 Å². The van der Waals surface area contributed by atoms with E-state index < -0.39 is 0 Å². The number of rotatable bonds is 4. The van der Waals surface area contributed by atoms with Crippen molar-refractivity contribution < 1.29 is 4.79 Å². The number of benzene rings is 1. The highest BCUT2D eigenvalue weighted by atomic mass is 16.2. The monoisotopic (exact) mass is 314 g/mol. The van der Waals surface area contributed by atoms with Crippen molar-refractivity contribution in [2.75, 3.05) is 31.6 Å². The number of tetrazole rings is 1. The van der Waals surface area contributed by atoms with Crippen LogP contribution in [0.1, 0.15) is 25.6 Å². The molecule has 2 aromatic rings. The first-order valence-corrected chi connectivity index (χ1v) is 7.86. The van der Waals surface area contributed by atoms with Gasteiger partial charge in [-0.15, -0.1) is 10.2 Å². The molecule has 1 N–H and O–H groups in total. The molecule has 1 aromatic carbocycles. The number of likely N-dealkylation sites (tertiary alicyclic amines) is 1. The van der Waals surface area contributed by atoms with Crippen LogP contribution in [0.4, 0.5) is 5.69 Å². The zero-order valence-electron chi connectivity index (χ0n) is 13.6. The molecule has 7 nitrogen and oxygen atoms in total. The molecule has 1 aromatic heterocycles. The summed E-state index contributed by atoms with van der Waals surface area (Å²) in [5.41, 5.74) is 0.948. The average Bonchev–Trinajstić information content (AvgIpc) is 3.11. The summed E-state index contributed by atoms with van der Waals surface area (Å²) in [6, 6.07) is 9.96. The highest BCUT2D eigenvalue weighted by molar-refractivity contribution is 5.81. The first-order chi connectivity index (χ1) is 11.1. The molecule has 1 fully saturated rings. The van der Waals surface area contributed by atoms with Gasteiger partial charge in [0.15, 0.2) is 5.82 Å². The Bertz CT molecular complexity index is 634. The lowest BCUT2D eigenvalue weighted by Crippen LogP contribution is -2.47. The van der Waals surface area contributed by atoms with E-state index in [0.29, 0.717) is 6.54 Å². The molecule has 0 bridgehead atoms. The fourth-order valence-electron chi connectivity index (χ4n) is 2.97. The molecule has 1 saturated heterocycles. The Balaban J connectivity index is 1.56. The SMILES string of the molecule is CN(CC(=O)N1CCC(C)(c2nn[nH]n2)CC1)c1ccccc1. The molecule has 0 saturated carbocycles. The summed E-state index contributed by atoms with van der Waals surface area (Å²) in [7, 11) is 1.95. The van der Waals surface area contributed by atoms with Gasteiger partial charge < -0.3 is 9.80 Å². The molecule has 122 valence electrons. The fraction of sp³-hybridized carbons (Fsp3) is 0.500. The van der Waals surface area contributed by atoms with Gasteiger partial charge in [0.2, 0.25) is 5.91 Å². The van der Waals surface area contributed by atoms with Crippen molar-refractivity contribution in [2.45, 2.75) is 25.2 Å². The molecule has 23 heavy (non-hydrogen) atoms. The number of aromatic amines is 1. The Morgan fingerprint density at radius 1 is 1.30 bits per heavy atom. The Kier molecular flexibility index (Phi) is 4.27. The van der Waals surface area contributed by atoms with Gasteiger partial charge in [-0.3, -0.25) is 4.79 Å². The van der Waals surface area contributed by atoms with E-state index in [4.69, 9.17) is 0 Å². The Hall–Kier alpha value is -2.44. The van der Waals surface area contributed by atoms with Gasteiger partial charge in [0.05, 0.1) is 6.54 Å². The van der Waals surface area contributed by atoms with Crippen LogP contribution < -0.4 is 4.90 Å². The van der Waals surface area contributed by atoms with E-state index in [2.05, 4.69) is 27.5 Å². The van der Waals surface area contributed by atoms with Gasteiger partial charge in [0.1, 0.15) is 0 Å². The third-order valence-corrected chi connectivity index (χ3v) is 4.67. The number of carbonyl (C=O) groups excluding carboxylic acids is 1. The lowest BCUT2D eigenvalue weighted by Gasteiger charge is -2.38. The molecule has 0 unspecified atom stereocenters. The molecular weight excluding hydrogens is 292 g/mol. The van der Waals surface area contributed by atoms with Crippen LogP contribution >= 0.6 is 0 Å². The highest BCUT2D eigenvalue weighted by Crippen LogP contribution is 2.32. The van der Waals surface area contributed by atoms with Crippen LogP contribution in [0.25, 0.3) is 0 Å². The zero-order chi connectivity index (χ0) is 16.3. The molecule has 2 heterocycles. The minimum Gasteiger partial charge on any atom is -0.365 e. The number of anilines is 1. The molecule has 3 rings (SSSR count). The lowest BCUT2D eigenvalue weighted by molar-refractivity contribution is -0.131. The first kappa shape index (κ1) is 15.5. The van der Waals surface area contributed by atoms with Gasteiger partial charge in [0.25, 0.3) is 0 Å². The normalized spacial score (nSPS) is 17.0. The predicted molar refractivity (Wildman–Crippen MR) is 87.1 cm³/mol. The van der Waals surface area contributed by atoms with Crippen molar-refractivity contribution in [1.29, 1.82) is 0 Å². The third-order valence-electron chi connectivity index (χ3n) is 4.67. The number of hydrogen-bond donors (Lipinski definition) is 1.